The van der Waals surface area contributed by atoms with Gasteiger partial charge in [0.1, 0.15) is 0 Å². The maximum absolute atomic E-state index is 12.0. The van der Waals surface area contributed by atoms with Crippen molar-refractivity contribution in [1.82, 2.24) is 14.9 Å². The Morgan fingerprint density at radius 2 is 2.12 bits per heavy atom. The summed E-state index contributed by atoms with van der Waals surface area (Å²) in [6.07, 6.45) is 1.05. The minimum atomic E-state index is -3.34. The summed E-state index contributed by atoms with van der Waals surface area (Å²) in [5.41, 5.74) is 0. The molecule has 8 heteroatoms. The highest BCUT2D eigenvalue weighted by molar-refractivity contribution is 7.88. The zero-order valence-electron chi connectivity index (χ0n) is 10.3. The van der Waals surface area contributed by atoms with E-state index in [1.807, 2.05) is 6.92 Å². The van der Waals surface area contributed by atoms with Crippen molar-refractivity contribution in [3.8, 4) is 0 Å². The number of rotatable bonds is 3. The van der Waals surface area contributed by atoms with Crippen LogP contribution in [0.3, 0.4) is 0 Å². The highest BCUT2D eigenvalue weighted by Crippen LogP contribution is 2.05. The van der Waals surface area contributed by atoms with Gasteiger partial charge in [-0.15, -0.1) is 12.4 Å². The van der Waals surface area contributed by atoms with Gasteiger partial charge in [0.25, 0.3) is 0 Å². The van der Waals surface area contributed by atoms with E-state index in [1.165, 1.54) is 0 Å². The Bertz CT molecular complexity index is 360. The van der Waals surface area contributed by atoms with Crippen molar-refractivity contribution in [3.63, 3.8) is 0 Å². The molecule has 17 heavy (non-hydrogen) atoms. The smallest absolute Gasteiger partial charge is 0.240 e. The minimum absolute atomic E-state index is 0. The van der Waals surface area contributed by atoms with E-state index in [-0.39, 0.29) is 24.4 Å². The first kappa shape index (κ1) is 16.6. The molecule has 1 fully saturated rings. The molecule has 1 heterocycles. The molecule has 102 valence electrons. The van der Waals surface area contributed by atoms with E-state index in [1.54, 1.807) is 11.8 Å². The largest absolute Gasteiger partial charge is 0.336 e. The molecule has 0 aromatic rings. The van der Waals surface area contributed by atoms with Crippen LogP contribution in [-0.2, 0) is 14.8 Å². The fraction of sp³-hybridized carbons (Fsp3) is 0.889. The second kappa shape index (κ2) is 6.53. The lowest BCUT2D eigenvalue weighted by Gasteiger charge is -2.35. The van der Waals surface area contributed by atoms with Crippen LogP contribution < -0.4 is 10.0 Å². The van der Waals surface area contributed by atoms with Crippen molar-refractivity contribution in [2.24, 2.45) is 0 Å². The van der Waals surface area contributed by atoms with Gasteiger partial charge < -0.3 is 10.2 Å². The number of nitrogens with one attached hydrogen (secondary N) is 2. The average molecular weight is 286 g/mol. The van der Waals surface area contributed by atoms with Crippen molar-refractivity contribution in [2.45, 2.75) is 25.9 Å². The molecule has 0 aromatic heterocycles. The molecule has 2 atom stereocenters. The molecule has 1 unspecified atom stereocenters. The zero-order chi connectivity index (χ0) is 12.3. The first-order valence-corrected chi connectivity index (χ1v) is 7.19. The van der Waals surface area contributed by atoms with Gasteiger partial charge in [-0.25, -0.2) is 13.1 Å². The Morgan fingerprint density at radius 1 is 1.53 bits per heavy atom. The molecule has 0 saturated carbocycles. The van der Waals surface area contributed by atoms with Crippen molar-refractivity contribution in [3.05, 3.63) is 0 Å². The van der Waals surface area contributed by atoms with Crippen LogP contribution in [0, 0.1) is 0 Å². The van der Waals surface area contributed by atoms with E-state index < -0.39 is 16.1 Å². The van der Waals surface area contributed by atoms with Gasteiger partial charge in [-0.2, -0.15) is 0 Å². The highest BCUT2D eigenvalue weighted by atomic mass is 35.5. The lowest BCUT2D eigenvalue weighted by atomic mass is 10.2. The Balaban J connectivity index is 0.00000256. The Hall–Kier alpha value is -0.370. The Kier molecular flexibility index (Phi) is 6.39. The number of hydrogen-bond acceptors (Lipinski definition) is 4. The summed E-state index contributed by atoms with van der Waals surface area (Å²) in [4.78, 5) is 13.7. The molecule has 0 radical (unpaired) electrons. The summed E-state index contributed by atoms with van der Waals surface area (Å²) in [5, 5.41) is 3.17. The van der Waals surface area contributed by atoms with Crippen LogP contribution in [0.25, 0.3) is 0 Å². The predicted octanol–water partition coefficient (Wildman–Crippen LogP) is -0.834. The van der Waals surface area contributed by atoms with Gasteiger partial charge in [-0.05, 0) is 13.8 Å². The summed E-state index contributed by atoms with van der Waals surface area (Å²) in [5.74, 6) is -0.167. The van der Waals surface area contributed by atoms with E-state index in [0.717, 1.165) is 19.3 Å². The van der Waals surface area contributed by atoms with Gasteiger partial charge in [-0.3, -0.25) is 4.79 Å². The topological polar surface area (TPSA) is 78.5 Å². The molecule has 1 saturated heterocycles. The average Bonchev–Trinajstić information content (AvgIpc) is 2.15. The van der Waals surface area contributed by atoms with Crippen LogP contribution in [-0.4, -0.2) is 57.2 Å². The van der Waals surface area contributed by atoms with Gasteiger partial charge in [0, 0.05) is 25.7 Å². The number of sulfonamides is 1. The molecule has 0 aromatic carbocycles. The summed E-state index contributed by atoms with van der Waals surface area (Å²) in [6, 6.07) is -0.597. The van der Waals surface area contributed by atoms with Crippen LogP contribution in [0.1, 0.15) is 13.8 Å². The number of carbonyl (C=O) groups is 1. The maximum atomic E-state index is 12.0. The molecule has 0 spiro atoms. The van der Waals surface area contributed by atoms with Crippen LogP contribution >= 0.6 is 12.4 Å². The van der Waals surface area contributed by atoms with Crippen molar-refractivity contribution in [2.75, 3.05) is 25.9 Å². The van der Waals surface area contributed by atoms with E-state index in [9.17, 15) is 13.2 Å². The van der Waals surface area contributed by atoms with Crippen molar-refractivity contribution >= 4 is 28.3 Å². The summed E-state index contributed by atoms with van der Waals surface area (Å²) in [7, 11) is -3.34. The van der Waals surface area contributed by atoms with Crippen molar-refractivity contribution in [1.29, 1.82) is 0 Å². The number of carbonyl (C=O) groups excluding carboxylic acids is 1. The van der Waals surface area contributed by atoms with Crippen LogP contribution in [0.2, 0.25) is 0 Å². The lowest BCUT2D eigenvalue weighted by molar-refractivity contribution is -0.135. The monoisotopic (exact) mass is 285 g/mol. The summed E-state index contributed by atoms with van der Waals surface area (Å²) in [6.45, 7) is 5.63. The first-order chi connectivity index (χ1) is 7.31. The van der Waals surface area contributed by atoms with Gasteiger partial charge >= 0.3 is 0 Å². The molecule has 1 aliphatic heterocycles. The molecule has 2 N–H and O–H groups in total. The van der Waals surface area contributed by atoms with Crippen molar-refractivity contribution < 1.29 is 13.2 Å². The third kappa shape index (κ3) is 5.20. The van der Waals surface area contributed by atoms with Crippen LogP contribution in [0.15, 0.2) is 0 Å². The quantitative estimate of drug-likeness (QED) is 0.709. The molecule has 1 rings (SSSR count). The third-order valence-electron chi connectivity index (χ3n) is 2.55. The fourth-order valence-corrected chi connectivity index (χ4v) is 2.53. The van der Waals surface area contributed by atoms with Gasteiger partial charge in [0.05, 0.1) is 12.3 Å². The molecule has 0 bridgehead atoms. The van der Waals surface area contributed by atoms with Crippen LogP contribution in [0.5, 0.6) is 0 Å². The van der Waals surface area contributed by atoms with E-state index in [0.29, 0.717) is 6.54 Å². The van der Waals surface area contributed by atoms with Crippen LogP contribution in [0.4, 0.5) is 0 Å². The molecule has 6 nitrogen and oxygen atoms in total. The van der Waals surface area contributed by atoms with Gasteiger partial charge in [-0.1, -0.05) is 0 Å². The van der Waals surface area contributed by atoms with Gasteiger partial charge in [0.2, 0.25) is 15.9 Å². The highest BCUT2D eigenvalue weighted by Gasteiger charge is 2.27. The number of amides is 1. The molecule has 1 aliphatic rings. The molecule has 0 aliphatic carbocycles. The molecular weight excluding hydrogens is 266 g/mol. The summed E-state index contributed by atoms with van der Waals surface area (Å²) < 4.78 is 24.3. The maximum Gasteiger partial charge on any atom is 0.240 e. The SMILES string of the molecule is CC(NS(C)(=O)=O)C(=O)N1CCNC[C@H]1C.Cl. The Morgan fingerprint density at radius 3 is 2.59 bits per heavy atom. The second-order valence-electron chi connectivity index (χ2n) is 4.20. The zero-order valence-corrected chi connectivity index (χ0v) is 11.9. The Labute approximate surface area is 109 Å². The van der Waals surface area contributed by atoms with E-state index in [2.05, 4.69) is 10.0 Å². The number of hydrogen-bond donors (Lipinski definition) is 2. The number of halogens is 1. The number of nitrogens with zero attached hydrogens (tertiary/aromatic N) is 1. The van der Waals surface area contributed by atoms with Gasteiger partial charge in [0.15, 0.2) is 0 Å². The molecular formula is C9H20ClN3O3S. The fourth-order valence-electron chi connectivity index (χ4n) is 1.79. The van der Waals surface area contributed by atoms with E-state index >= 15 is 0 Å². The third-order valence-corrected chi connectivity index (χ3v) is 3.33. The normalized spacial score (nSPS) is 22.8. The first-order valence-electron chi connectivity index (χ1n) is 5.30. The van der Waals surface area contributed by atoms with E-state index in [4.69, 9.17) is 0 Å². The predicted molar refractivity (Wildman–Crippen MR) is 68.7 cm³/mol. The molecule has 1 amide bonds. The number of piperazine rings is 1. The summed E-state index contributed by atoms with van der Waals surface area (Å²) >= 11 is 0. The standard InChI is InChI=1S/C9H19N3O3S.ClH/c1-7-6-10-4-5-12(7)9(13)8(2)11-16(3,14)15;/h7-8,10-11H,4-6H2,1-3H3;1H/t7-,8?;/m1./s1. The second-order valence-corrected chi connectivity index (χ2v) is 5.98. The minimum Gasteiger partial charge on any atom is -0.336 e. The lowest BCUT2D eigenvalue weighted by Crippen LogP contribution is -2.57.